The topological polar surface area (TPSA) is 39.2 Å². The highest BCUT2D eigenvalue weighted by Crippen LogP contribution is 2.38. The van der Waals surface area contributed by atoms with Crippen LogP contribution in [0.2, 0.25) is 0 Å². The summed E-state index contributed by atoms with van der Waals surface area (Å²) in [6.07, 6.45) is -4.63. The van der Waals surface area contributed by atoms with Crippen molar-refractivity contribution in [2.24, 2.45) is 0 Å². The van der Waals surface area contributed by atoms with Crippen LogP contribution in [-0.4, -0.2) is 29.6 Å². The van der Waals surface area contributed by atoms with Gasteiger partial charge in [0.1, 0.15) is 10.6 Å². The molecule has 0 aromatic carbocycles. The number of hydrogen-bond acceptors (Lipinski definition) is 5. The molecule has 0 aliphatic carbocycles. The van der Waals surface area contributed by atoms with Crippen LogP contribution in [0, 0.1) is 0 Å². The molecule has 1 aromatic heterocycles. The first-order chi connectivity index (χ1) is 9.35. The number of esters is 1. The van der Waals surface area contributed by atoms with E-state index in [1.165, 1.54) is 11.8 Å². The Bertz CT molecular complexity index is 492. The molecule has 0 amide bonds. The SMILES string of the molecule is CCSc1cc(C(F)(F)F)c(C(=O)OC)c(SCC)n1. The molecule has 0 aliphatic rings. The number of hydrogen-bond donors (Lipinski definition) is 0. The molecule has 1 heterocycles. The maximum atomic E-state index is 13.1. The maximum Gasteiger partial charge on any atom is 0.417 e. The lowest BCUT2D eigenvalue weighted by Gasteiger charge is -2.15. The fourth-order valence-electron chi connectivity index (χ4n) is 1.48. The van der Waals surface area contributed by atoms with E-state index in [1.807, 2.05) is 6.92 Å². The van der Waals surface area contributed by atoms with Gasteiger partial charge in [0.25, 0.3) is 0 Å². The zero-order chi connectivity index (χ0) is 15.3. The van der Waals surface area contributed by atoms with E-state index < -0.39 is 23.3 Å². The molecule has 0 N–H and O–H groups in total. The number of alkyl halides is 3. The van der Waals surface area contributed by atoms with Gasteiger partial charge in [0.05, 0.1) is 17.7 Å². The van der Waals surface area contributed by atoms with Crippen LogP contribution in [-0.2, 0) is 10.9 Å². The molecule has 0 spiro atoms. The van der Waals surface area contributed by atoms with Crippen molar-refractivity contribution in [3.8, 4) is 0 Å². The van der Waals surface area contributed by atoms with Crippen LogP contribution in [0.15, 0.2) is 16.1 Å². The number of thioether (sulfide) groups is 2. The van der Waals surface area contributed by atoms with Crippen molar-refractivity contribution in [2.45, 2.75) is 30.1 Å². The summed E-state index contributed by atoms with van der Waals surface area (Å²) in [6, 6.07) is 0.903. The molecule has 20 heavy (non-hydrogen) atoms. The molecule has 0 fully saturated rings. The smallest absolute Gasteiger partial charge is 0.417 e. The summed E-state index contributed by atoms with van der Waals surface area (Å²) in [5.74, 6) is 0.0842. The minimum Gasteiger partial charge on any atom is -0.465 e. The molecule has 0 saturated heterocycles. The Labute approximate surface area is 123 Å². The van der Waals surface area contributed by atoms with Gasteiger partial charge in [-0.15, -0.1) is 23.5 Å². The first kappa shape index (κ1) is 17.2. The van der Waals surface area contributed by atoms with Gasteiger partial charge in [-0.2, -0.15) is 13.2 Å². The number of nitrogens with zero attached hydrogens (tertiary/aromatic N) is 1. The predicted molar refractivity (Wildman–Crippen MR) is 73.4 cm³/mol. The highest BCUT2D eigenvalue weighted by molar-refractivity contribution is 7.99. The van der Waals surface area contributed by atoms with Crippen molar-refractivity contribution in [1.29, 1.82) is 0 Å². The summed E-state index contributed by atoms with van der Waals surface area (Å²) < 4.78 is 43.9. The Morgan fingerprint density at radius 2 is 1.90 bits per heavy atom. The zero-order valence-electron chi connectivity index (χ0n) is 11.2. The van der Waals surface area contributed by atoms with E-state index >= 15 is 0 Å². The van der Waals surface area contributed by atoms with Gasteiger partial charge in [0.15, 0.2) is 0 Å². The van der Waals surface area contributed by atoms with E-state index in [-0.39, 0.29) is 10.1 Å². The second kappa shape index (κ2) is 7.21. The number of pyridine rings is 1. The van der Waals surface area contributed by atoms with Gasteiger partial charge >= 0.3 is 12.1 Å². The summed E-state index contributed by atoms with van der Waals surface area (Å²) in [7, 11) is 1.05. The average Bonchev–Trinajstić information content (AvgIpc) is 2.37. The molecular formula is C12H14F3NO2S2. The van der Waals surface area contributed by atoms with E-state index in [0.29, 0.717) is 11.5 Å². The monoisotopic (exact) mass is 325 g/mol. The molecule has 0 atom stereocenters. The van der Waals surface area contributed by atoms with Gasteiger partial charge < -0.3 is 4.74 Å². The molecule has 1 aromatic rings. The van der Waals surface area contributed by atoms with Crippen LogP contribution in [0.3, 0.4) is 0 Å². The maximum absolute atomic E-state index is 13.1. The molecule has 0 radical (unpaired) electrons. The van der Waals surface area contributed by atoms with Gasteiger partial charge in [0.2, 0.25) is 0 Å². The third-order valence-electron chi connectivity index (χ3n) is 2.23. The third kappa shape index (κ3) is 4.05. The summed E-state index contributed by atoms with van der Waals surface area (Å²) >= 11 is 2.29. The number of halogens is 3. The van der Waals surface area contributed by atoms with Crippen LogP contribution in [0.4, 0.5) is 13.2 Å². The third-order valence-corrected chi connectivity index (χ3v) is 3.88. The number of methoxy groups -OCH3 is 1. The number of carbonyl (C=O) groups is 1. The quantitative estimate of drug-likeness (QED) is 0.602. The number of aromatic nitrogens is 1. The van der Waals surface area contributed by atoms with Gasteiger partial charge in [0, 0.05) is 0 Å². The van der Waals surface area contributed by atoms with Crippen LogP contribution >= 0.6 is 23.5 Å². The number of ether oxygens (including phenoxy) is 1. The van der Waals surface area contributed by atoms with Crippen molar-refractivity contribution in [1.82, 2.24) is 4.98 Å². The van der Waals surface area contributed by atoms with Crippen LogP contribution in [0.25, 0.3) is 0 Å². The fourth-order valence-corrected chi connectivity index (χ4v) is 2.97. The fraction of sp³-hybridized carbons (Fsp3) is 0.500. The molecule has 8 heteroatoms. The van der Waals surface area contributed by atoms with Gasteiger partial charge in [-0.1, -0.05) is 13.8 Å². The Kier molecular flexibility index (Phi) is 6.19. The Balaban J connectivity index is 3.53. The molecule has 3 nitrogen and oxygen atoms in total. The lowest BCUT2D eigenvalue weighted by Crippen LogP contribution is -2.17. The molecule has 1 rings (SSSR count). The predicted octanol–water partition coefficient (Wildman–Crippen LogP) is 4.11. The van der Waals surface area contributed by atoms with Crippen LogP contribution in [0.1, 0.15) is 29.8 Å². The van der Waals surface area contributed by atoms with Crippen molar-refractivity contribution in [3.63, 3.8) is 0 Å². The van der Waals surface area contributed by atoms with E-state index in [9.17, 15) is 18.0 Å². The first-order valence-corrected chi connectivity index (χ1v) is 7.78. The summed E-state index contributed by atoms with van der Waals surface area (Å²) in [6.45, 7) is 3.60. The second-order valence-electron chi connectivity index (χ2n) is 3.54. The minimum absolute atomic E-state index is 0.0603. The summed E-state index contributed by atoms with van der Waals surface area (Å²) in [4.78, 5) is 15.8. The highest BCUT2D eigenvalue weighted by atomic mass is 32.2. The van der Waals surface area contributed by atoms with Crippen molar-refractivity contribution in [3.05, 3.63) is 17.2 Å². The lowest BCUT2D eigenvalue weighted by molar-refractivity contribution is -0.138. The number of rotatable bonds is 5. The Hall–Kier alpha value is -0.890. The van der Waals surface area contributed by atoms with Gasteiger partial charge in [-0.25, -0.2) is 9.78 Å². The van der Waals surface area contributed by atoms with Gasteiger partial charge in [-0.3, -0.25) is 0 Å². The van der Waals surface area contributed by atoms with E-state index in [1.54, 1.807) is 6.92 Å². The van der Waals surface area contributed by atoms with Crippen molar-refractivity contribution in [2.75, 3.05) is 18.6 Å². The Morgan fingerprint density at radius 1 is 1.30 bits per heavy atom. The minimum atomic E-state index is -4.63. The van der Waals surface area contributed by atoms with E-state index in [4.69, 9.17) is 0 Å². The molecule has 0 saturated carbocycles. The average molecular weight is 325 g/mol. The summed E-state index contributed by atoms with van der Waals surface area (Å²) in [5.41, 5.74) is -1.50. The zero-order valence-corrected chi connectivity index (χ0v) is 12.8. The van der Waals surface area contributed by atoms with Crippen molar-refractivity contribution < 1.29 is 22.7 Å². The Morgan fingerprint density at radius 3 is 2.35 bits per heavy atom. The number of carbonyl (C=O) groups excluding carboxylic acids is 1. The van der Waals surface area contributed by atoms with E-state index in [2.05, 4.69) is 9.72 Å². The molecule has 112 valence electrons. The first-order valence-electron chi connectivity index (χ1n) is 5.81. The summed E-state index contributed by atoms with van der Waals surface area (Å²) in [5, 5.41) is 0.313. The lowest BCUT2D eigenvalue weighted by atomic mass is 10.1. The molecule has 0 unspecified atom stereocenters. The van der Waals surface area contributed by atoms with Gasteiger partial charge in [-0.05, 0) is 17.6 Å². The normalized spacial score (nSPS) is 11.5. The standard InChI is InChI=1S/C12H14F3NO2S2/c1-4-19-8-6-7(12(13,14)15)9(11(17)18-3)10(16-8)20-5-2/h6H,4-5H2,1-3H3. The largest absolute Gasteiger partial charge is 0.465 e. The second-order valence-corrected chi connectivity index (χ2v) is 6.08. The molecule has 0 bridgehead atoms. The highest BCUT2D eigenvalue weighted by Gasteiger charge is 2.38. The van der Waals surface area contributed by atoms with Crippen molar-refractivity contribution >= 4 is 29.5 Å². The molecule has 0 aliphatic heterocycles. The van der Waals surface area contributed by atoms with Crippen LogP contribution < -0.4 is 0 Å². The van der Waals surface area contributed by atoms with E-state index in [0.717, 1.165) is 24.9 Å². The van der Waals surface area contributed by atoms with Crippen LogP contribution in [0.5, 0.6) is 0 Å². The molecular weight excluding hydrogens is 311 g/mol.